The van der Waals surface area contributed by atoms with Gasteiger partial charge in [0, 0.05) is 23.7 Å². The average molecular weight is 241 g/mol. The lowest BCUT2D eigenvalue weighted by molar-refractivity contribution is 0.449. The highest BCUT2D eigenvalue weighted by Gasteiger charge is 2.06. The molecule has 0 aliphatic carbocycles. The van der Waals surface area contributed by atoms with Gasteiger partial charge in [0.2, 0.25) is 0 Å². The molecule has 92 valence electrons. The van der Waals surface area contributed by atoms with Crippen molar-refractivity contribution in [1.82, 2.24) is 10.3 Å². The van der Waals surface area contributed by atoms with Crippen LogP contribution in [0.5, 0.6) is 0 Å². The Labute approximate surface area is 102 Å². The van der Waals surface area contributed by atoms with Gasteiger partial charge in [0.1, 0.15) is 5.01 Å². The van der Waals surface area contributed by atoms with Gasteiger partial charge in [-0.25, -0.2) is 4.98 Å². The van der Waals surface area contributed by atoms with Crippen LogP contribution in [-0.2, 0) is 13.0 Å². The molecule has 0 radical (unpaired) electrons. The maximum atomic E-state index is 5.97. The third kappa shape index (κ3) is 4.60. The van der Waals surface area contributed by atoms with E-state index in [-0.39, 0.29) is 0 Å². The smallest absolute Gasteiger partial charge is 0.107 e. The molecule has 1 rings (SSSR count). The largest absolute Gasteiger partial charge is 0.327 e. The maximum Gasteiger partial charge on any atom is 0.107 e. The van der Waals surface area contributed by atoms with Gasteiger partial charge in [-0.3, -0.25) is 0 Å². The Balaban J connectivity index is 2.16. The fourth-order valence-electron chi connectivity index (χ4n) is 1.39. The van der Waals surface area contributed by atoms with Crippen molar-refractivity contribution in [2.45, 2.75) is 46.2 Å². The Bertz CT molecular complexity index is 296. The van der Waals surface area contributed by atoms with Crippen LogP contribution in [0.25, 0.3) is 0 Å². The van der Waals surface area contributed by atoms with Gasteiger partial charge in [0.15, 0.2) is 0 Å². The average Bonchev–Trinajstić information content (AvgIpc) is 2.71. The van der Waals surface area contributed by atoms with Crippen molar-refractivity contribution in [3.63, 3.8) is 0 Å². The molecule has 0 fully saturated rings. The van der Waals surface area contributed by atoms with Gasteiger partial charge in [0.05, 0.1) is 0 Å². The summed E-state index contributed by atoms with van der Waals surface area (Å²) in [5.74, 6) is 0.563. The van der Waals surface area contributed by atoms with Crippen LogP contribution in [0.1, 0.15) is 37.1 Å². The molecule has 1 aromatic rings. The first kappa shape index (κ1) is 13.6. The molecular weight excluding hydrogens is 218 g/mol. The summed E-state index contributed by atoms with van der Waals surface area (Å²) in [6, 6.07) is 0.301. The van der Waals surface area contributed by atoms with Gasteiger partial charge >= 0.3 is 0 Å². The van der Waals surface area contributed by atoms with E-state index in [1.807, 2.05) is 6.20 Å². The summed E-state index contributed by atoms with van der Waals surface area (Å²) in [5, 5.41) is 4.57. The van der Waals surface area contributed by atoms with Gasteiger partial charge in [-0.05, 0) is 25.3 Å². The third-order valence-corrected chi connectivity index (χ3v) is 3.88. The number of thiazole rings is 1. The van der Waals surface area contributed by atoms with Crippen molar-refractivity contribution in [1.29, 1.82) is 0 Å². The molecule has 1 unspecified atom stereocenters. The van der Waals surface area contributed by atoms with E-state index in [9.17, 15) is 0 Å². The van der Waals surface area contributed by atoms with Crippen molar-refractivity contribution in [2.75, 3.05) is 6.54 Å². The standard InChI is InChI=1S/C12H23N3S/c1-4-10-7-15-12(16-10)8-14-6-5-11(13)9(2)3/h7,9,11,14H,4-6,8,13H2,1-3H3. The molecule has 0 saturated heterocycles. The Hall–Kier alpha value is -0.450. The molecule has 0 bridgehead atoms. The summed E-state index contributed by atoms with van der Waals surface area (Å²) in [7, 11) is 0. The van der Waals surface area contributed by atoms with E-state index in [2.05, 4.69) is 31.1 Å². The summed E-state index contributed by atoms with van der Waals surface area (Å²) >= 11 is 1.79. The quantitative estimate of drug-likeness (QED) is 0.719. The van der Waals surface area contributed by atoms with E-state index in [1.54, 1.807) is 11.3 Å². The van der Waals surface area contributed by atoms with Crippen LogP contribution in [0.15, 0.2) is 6.20 Å². The zero-order valence-electron chi connectivity index (χ0n) is 10.5. The molecule has 0 aliphatic heterocycles. The second-order valence-electron chi connectivity index (χ2n) is 4.45. The van der Waals surface area contributed by atoms with E-state index >= 15 is 0 Å². The van der Waals surface area contributed by atoms with Crippen LogP contribution < -0.4 is 11.1 Å². The molecule has 3 N–H and O–H groups in total. The third-order valence-electron chi connectivity index (χ3n) is 2.74. The highest BCUT2D eigenvalue weighted by Crippen LogP contribution is 2.12. The number of nitrogens with zero attached hydrogens (tertiary/aromatic N) is 1. The topological polar surface area (TPSA) is 50.9 Å². The summed E-state index contributed by atoms with van der Waals surface area (Å²) in [6.45, 7) is 8.33. The monoisotopic (exact) mass is 241 g/mol. The predicted octanol–water partition coefficient (Wildman–Crippen LogP) is 2.17. The number of nitrogens with two attached hydrogens (primary N) is 1. The predicted molar refractivity (Wildman–Crippen MR) is 70.6 cm³/mol. The lowest BCUT2D eigenvalue weighted by Crippen LogP contribution is -2.30. The van der Waals surface area contributed by atoms with E-state index < -0.39 is 0 Å². The molecule has 0 aliphatic rings. The van der Waals surface area contributed by atoms with Gasteiger partial charge in [0.25, 0.3) is 0 Å². The SMILES string of the molecule is CCc1cnc(CNCCC(N)C(C)C)s1. The van der Waals surface area contributed by atoms with Crippen molar-refractivity contribution in [3.05, 3.63) is 16.1 Å². The molecule has 3 nitrogen and oxygen atoms in total. The summed E-state index contributed by atoms with van der Waals surface area (Å²) in [5.41, 5.74) is 5.97. The lowest BCUT2D eigenvalue weighted by Gasteiger charge is -2.15. The van der Waals surface area contributed by atoms with Crippen LogP contribution >= 0.6 is 11.3 Å². The zero-order valence-corrected chi connectivity index (χ0v) is 11.3. The second-order valence-corrected chi connectivity index (χ2v) is 5.65. The summed E-state index contributed by atoms with van der Waals surface area (Å²) in [4.78, 5) is 5.72. The highest BCUT2D eigenvalue weighted by atomic mass is 32.1. The molecule has 0 saturated carbocycles. The van der Waals surface area contributed by atoms with E-state index in [0.29, 0.717) is 12.0 Å². The molecule has 16 heavy (non-hydrogen) atoms. The van der Waals surface area contributed by atoms with Gasteiger partial charge in [-0.2, -0.15) is 0 Å². The molecule has 0 aromatic carbocycles. The number of aromatic nitrogens is 1. The van der Waals surface area contributed by atoms with Gasteiger partial charge < -0.3 is 11.1 Å². The van der Waals surface area contributed by atoms with Crippen LogP contribution in [0, 0.1) is 5.92 Å². The lowest BCUT2D eigenvalue weighted by atomic mass is 10.0. The summed E-state index contributed by atoms with van der Waals surface area (Å²) < 4.78 is 0. The minimum atomic E-state index is 0.301. The van der Waals surface area contributed by atoms with Crippen LogP contribution in [0.3, 0.4) is 0 Å². The Kier molecular flexibility index (Phi) is 5.95. The first-order valence-electron chi connectivity index (χ1n) is 6.03. The normalized spacial score (nSPS) is 13.3. The minimum Gasteiger partial charge on any atom is -0.327 e. The fourth-order valence-corrected chi connectivity index (χ4v) is 2.22. The fraction of sp³-hybridized carbons (Fsp3) is 0.750. The van der Waals surface area contributed by atoms with E-state index in [4.69, 9.17) is 5.73 Å². The summed E-state index contributed by atoms with van der Waals surface area (Å²) in [6.07, 6.45) is 4.08. The van der Waals surface area contributed by atoms with Crippen LogP contribution in [0.2, 0.25) is 0 Å². The molecule has 0 amide bonds. The van der Waals surface area contributed by atoms with Crippen LogP contribution in [0.4, 0.5) is 0 Å². The Morgan fingerprint density at radius 1 is 1.50 bits per heavy atom. The zero-order chi connectivity index (χ0) is 12.0. The molecule has 1 atom stereocenters. The van der Waals surface area contributed by atoms with Gasteiger partial charge in [-0.1, -0.05) is 20.8 Å². The van der Waals surface area contributed by atoms with Crippen molar-refractivity contribution < 1.29 is 0 Å². The van der Waals surface area contributed by atoms with Crippen LogP contribution in [-0.4, -0.2) is 17.6 Å². The number of rotatable bonds is 7. The number of aryl methyl sites for hydroxylation is 1. The van der Waals surface area contributed by atoms with Crippen molar-refractivity contribution in [3.8, 4) is 0 Å². The second kappa shape index (κ2) is 6.99. The first-order valence-corrected chi connectivity index (χ1v) is 6.85. The first-order chi connectivity index (χ1) is 7.63. The van der Waals surface area contributed by atoms with Gasteiger partial charge in [-0.15, -0.1) is 11.3 Å². The van der Waals surface area contributed by atoms with E-state index in [1.165, 1.54) is 9.88 Å². The van der Waals surface area contributed by atoms with Crippen molar-refractivity contribution >= 4 is 11.3 Å². The maximum absolute atomic E-state index is 5.97. The molecular formula is C12H23N3S. The molecule has 1 aromatic heterocycles. The number of hydrogen-bond donors (Lipinski definition) is 2. The Morgan fingerprint density at radius 2 is 2.25 bits per heavy atom. The van der Waals surface area contributed by atoms with E-state index in [0.717, 1.165) is 25.9 Å². The Morgan fingerprint density at radius 3 is 2.81 bits per heavy atom. The molecule has 1 heterocycles. The number of hydrogen-bond acceptors (Lipinski definition) is 4. The van der Waals surface area contributed by atoms with Crippen molar-refractivity contribution in [2.24, 2.45) is 11.7 Å². The minimum absolute atomic E-state index is 0.301. The molecule has 0 spiro atoms. The number of nitrogens with one attached hydrogen (secondary N) is 1. The highest BCUT2D eigenvalue weighted by molar-refractivity contribution is 7.11. The molecule has 4 heteroatoms.